The lowest BCUT2D eigenvalue weighted by molar-refractivity contribution is 0.00397. The van der Waals surface area contributed by atoms with Crippen molar-refractivity contribution in [3.8, 4) is 17.1 Å². The van der Waals surface area contributed by atoms with E-state index < -0.39 is 11.7 Å². The van der Waals surface area contributed by atoms with Crippen molar-refractivity contribution in [3.05, 3.63) is 41.6 Å². The Hall–Kier alpha value is -3.17. The topological polar surface area (TPSA) is 121 Å². The number of ether oxygens (including phenoxy) is 1. The molecule has 5 rings (SSSR count). The van der Waals surface area contributed by atoms with Crippen molar-refractivity contribution in [2.24, 2.45) is 0 Å². The molecule has 0 bridgehead atoms. The maximum absolute atomic E-state index is 12.6. The summed E-state index contributed by atoms with van der Waals surface area (Å²) in [7, 11) is 0. The Morgan fingerprint density at radius 1 is 1.19 bits per heavy atom. The first-order chi connectivity index (χ1) is 17.2. The van der Waals surface area contributed by atoms with Crippen molar-refractivity contribution in [2.75, 3.05) is 11.9 Å². The summed E-state index contributed by atoms with van der Waals surface area (Å²) < 4.78 is 7.88. The van der Waals surface area contributed by atoms with E-state index in [9.17, 15) is 15.0 Å². The fourth-order valence-electron chi connectivity index (χ4n) is 4.58. The van der Waals surface area contributed by atoms with Gasteiger partial charge in [-0.1, -0.05) is 12.5 Å². The summed E-state index contributed by atoms with van der Waals surface area (Å²) in [5.74, 6) is 0.334. The number of rotatable bonds is 8. The summed E-state index contributed by atoms with van der Waals surface area (Å²) in [6.07, 6.45) is 6.48. The second-order valence-corrected chi connectivity index (χ2v) is 10.7. The molecule has 2 fully saturated rings. The highest BCUT2D eigenvalue weighted by atomic mass is 16.5. The quantitative estimate of drug-likeness (QED) is 0.379. The number of benzene rings is 1. The number of imidazole rings is 1. The van der Waals surface area contributed by atoms with Crippen molar-refractivity contribution in [3.63, 3.8) is 0 Å². The van der Waals surface area contributed by atoms with E-state index >= 15 is 0 Å². The van der Waals surface area contributed by atoms with Crippen LogP contribution in [0.1, 0.15) is 68.3 Å². The minimum absolute atomic E-state index is 0.0438. The SMILES string of the molecule is Cc1cc(-c2cnc3c(NCC(C)(C)O)cc(OC4CCCCC4O)nn23)ccc1C(=O)NC1CC1. The van der Waals surface area contributed by atoms with Gasteiger partial charge in [-0.2, -0.15) is 0 Å². The van der Waals surface area contributed by atoms with Gasteiger partial charge in [-0.25, -0.2) is 9.50 Å². The monoisotopic (exact) mass is 493 g/mol. The highest BCUT2D eigenvalue weighted by molar-refractivity contribution is 5.96. The normalized spacial score (nSPS) is 20.4. The van der Waals surface area contributed by atoms with E-state index in [1.165, 1.54) is 0 Å². The molecule has 2 atom stereocenters. The van der Waals surface area contributed by atoms with E-state index in [4.69, 9.17) is 9.84 Å². The van der Waals surface area contributed by atoms with Gasteiger partial charge in [0, 0.05) is 29.8 Å². The number of hydrogen-bond donors (Lipinski definition) is 4. The summed E-state index contributed by atoms with van der Waals surface area (Å²) >= 11 is 0. The third-order valence-corrected chi connectivity index (χ3v) is 6.78. The first kappa shape index (κ1) is 24.5. The van der Waals surface area contributed by atoms with Gasteiger partial charge in [-0.15, -0.1) is 5.10 Å². The molecule has 2 unspecified atom stereocenters. The molecule has 2 heterocycles. The molecule has 3 aromatic rings. The molecule has 192 valence electrons. The molecule has 1 amide bonds. The largest absolute Gasteiger partial charge is 0.471 e. The van der Waals surface area contributed by atoms with Crippen molar-refractivity contribution in [2.45, 2.75) is 83.1 Å². The molecule has 2 aliphatic rings. The zero-order valence-electron chi connectivity index (χ0n) is 21.1. The third kappa shape index (κ3) is 5.47. The van der Waals surface area contributed by atoms with Crippen molar-refractivity contribution in [1.82, 2.24) is 19.9 Å². The zero-order valence-corrected chi connectivity index (χ0v) is 21.1. The average molecular weight is 494 g/mol. The maximum atomic E-state index is 12.6. The Bertz CT molecular complexity index is 1260. The molecule has 4 N–H and O–H groups in total. The van der Waals surface area contributed by atoms with Gasteiger partial charge in [0.1, 0.15) is 6.10 Å². The van der Waals surface area contributed by atoms with E-state index in [-0.39, 0.29) is 12.0 Å². The number of aliphatic hydroxyl groups excluding tert-OH is 1. The molecule has 36 heavy (non-hydrogen) atoms. The second-order valence-electron chi connectivity index (χ2n) is 10.7. The lowest BCUT2D eigenvalue weighted by atomic mass is 9.95. The minimum Gasteiger partial charge on any atom is -0.471 e. The lowest BCUT2D eigenvalue weighted by Crippen LogP contribution is -2.35. The Morgan fingerprint density at radius 3 is 2.67 bits per heavy atom. The standard InChI is InChI=1S/C27H35N5O4/c1-16-12-17(8-11-19(16)26(34)30-18-9-10-18)21-14-28-25-20(29-15-27(2,3)35)13-24(31-32(21)25)36-23-7-5-4-6-22(23)33/h8,11-14,18,22-23,29,33,35H,4-7,9-10,15H2,1-3H3,(H,30,34). The van der Waals surface area contributed by atoms with E-state index in [1.54, 1.807) is 30.6 Å². The highest BCUT2D eigenvalue weighted by Gasteiger charge is 2.27. The fourth-order valence-corrected chi connectivity index (χ4v) is 4.58. The van der Waals surface area contributed by atoms with Gasteiger partial charge in [-0.3, -0.25) is 4.79 Å². The third-order valence-electron chi connectivity index (χ3n) is 6.78. The average Bonchev–Trinajstić information content (AvgIpc) is 3.53. The van der Waals surface area contributed by atoms with Crippen LogP contribution in [0.4, 0.5) is 5.69 Å². The number of amides is 1. The van der Waals surface area contributed by atoms with Crippen LogP contribution in [0.3, 0.4) is 0 Å². The number of nitrogens with one attached hydrogen (secondary N) is 2. The van der Waals surface area contributed by atoms with Crippen molar-refractivity contribution < 1.29 is 19.7 Å². The number of anilines is 1. The van der Waals surface area contributed by atoms with Gasteiger partial charge in [0.2, 0.25) is 5.88 Å². The molecular weight excluding hydrogens is 458 g/mol. The van der Waals surface area contributed by atoms with E-state index in [0.29, 0.717) is 41.8 Å². The van der Waals surface area contributed by atoms with Crippen LogP contribution >= 0.6 is 0 Å². The Balaban J connectivity index is 1.50. The number of aromatic nitrogens is 3. The zero-order chi connectivity index (χ0) is 25.4. The molecule has 9 heteroatoms. The highest BCUT2D eigenvalue weighted by Crippen LogP contribution is 2.30. The fraction of sp³-hybridized carbons (Fsp3) is 0.519. The summed E-state index contributed by atoms with van der Waals surface area (Å²) in [5, 5.41) is 31.7. The second kappa shape index (κ2) is 9.71. The van der Waals surface area contributed by atoms with Crippen LogP contribution in [0.25, 0.3) is 16.9 Å². The molecule has 0 saturated heterocycles. The van der Waals surface area contributed by atoms with Crippen LogP contribution in [-0.4, -0.2) is 61.1 Å². The summed E-state index contributed by atoms with van der Waals surface area (Å²) in [6, 6.07) is 7.79. The Labute approximate surface area is 210 Å². The number of nitrogens with zero attached hydrogens (tertiary/aromatic N) is 3. The molecule has 0 radical (unpaired) electrons. The molecule has 2 aliphatic carbocycles. The Morgan fingerprint density at radius 2 is 1.97 bits per heavy atom. The first-order valence-electron chi connectivity index (χ1n) is 12.8. The van der Waals surface area contributed by atoms with Crippen LogP contribution in [0.5, 0.6) is 5.88 Å². The van der Waals surface area contributed by atoms with E-state index in [2.05, 4.69) is 15.6 Å². The van der Waals surface area contributed by atoms with Crippen LogP contribution in [0, 0.1) is 6.92 Å². The van der Waals surface area contributed by atoms with Gasteiger partial charge in [0.15, 0.2) is 5.65 Å². The van der Waals surface area contributed by atoms with Gasteiger partial charge in [0.25, 0.3) is 5.91 Å². The minimum atomic E-state index is -0.926. The van der Waals surface area contributed by atoms with Crippen molar-refractivity contribution in [1.29, 1.82) is 0 Å². The van der Waals surface area contributed by atoms with E-state index in [0.717, 1.165) is 48.9 Å². The summed E-state index contributed by atoms with van der Waals surface area (Å²) in [6.45, 7) is 5.70. The molecule has 9 nitrogen and oxygen atoms in total. The Kier molecular flexibility index (Phi) is 6.61. The maximum Gasteiger partial charge on any atom is 0.251 e. The molecular formula is C27H35N5O4. The van der Waals surface area contributed by atoms with Crippen LogP contribution in [0.2, 0.25) is 0 Å². The van der Waals surface area contributed by atoms with Gasteiger partial charge >= 0.3 is 0 Å². The number of aryl methyl sites for hydroxylation is 1. The summed E-state index contributed by atoms with van der Waals surface area (Å²) in [4.78, 5) is 17.2. The molecule has 1 aromatic carbocycles. The number of aliphatic hydroxyl groups is 2. The van der Waals surface area contributed by atoms with Gasteiger partial charge in [-0.05, 0) is 70.6 Å². The molecule has 0 spiro atoms. The van der Waals surface area contributed by atoms with Gasteiger partial charge in [0.05, 0.1) is 29.3 Å². The first-order valence-corrected chi connectivity index (χ1v) is 12.8. The number of hydrogen-bond acceptors (Lipinski definition) is 7. The van der Waals surface area contributed by atoms with Gasteiger partial charge < -0.3 is 25.6 Å². The number of fused-ring (bicyclic) bond motifs is 1. The van der Waals surface area contributed by atoms with E-state index in [1.807, 2.05) is 25.1 Å². The smallest absolute Gasteiger partial charge is 0.251 e. The lowest BCUT2D eigenvalue weighted by Gasteiger charge is -2.28. The molecule has 0 aliphatic heterocycles. The molecule has 2 aromatic heterocycles. The predicted molar refractivity (Wildman–Crippen MR) is 137 cm³/mol. The number of carbonyl (C=O) groups is 1. The number of carbonyl (C=O) groups excluding carboxylic acids is 1. The van der Waals surface area contributed by atoms with Crippen LogP contribution < -0.4 is 15.4 Å². The van der Waals surface area contributed by atoms with Crippen LogP contribution in [-0.2, 0) is 0 Å². The predicted octanol–water partition coefficient (Wildman–Crippen LogP) is 3.46. The molecule has 2 saturated carbocycles. The summed E-state index contributed by atoms with van der Waals surface area (Å²) in [5.41, 5.74) is 3.51. The van der Waals surface area contributed by atoms with Crippen LogP contribution in [0.15, 0.2) is 30.5 Å². The van der Waals surface area contributed by atoms with Crippen molar-refractivity contribution >= 4 is 17.2 Å².